The fourth-order valence-electron chi connectivity index (χ4n) is 14.1. The van der Waals surface area contributed by atoms with Gasteiger partial charge in [-0.25, -0.2) is 0 Å². The third-order valence-electron chi connectivity index (χ3n) is 18.3. The van der Waals surface area contributed by atoms with Crippen LogP contribution in [0.25, 0.3) is 27.8 Å². The van der Waals surface area contributed by atoms with Gasteiger partial charge in [-0.2, -0.15) is 0 Å². The fourth-order valence-corrected chi connectivity index (χ4v) is 14.1. The Morgan fingerprint density at radius 2 is 1.01 bits per heavy atom. The summed E-state index contributed by atoms with van der Waals surface area (Å²) in [5.41, 5.74) is 26.4. The molecule has 9 aromatic carbocycles. The SMILES string of the molecule is CC(C)(C)c1ccc(N2c3ccccc3B3c4ccccc4N(c4ccc(C(C)(C)C)cc4-c4ccccc4)c4cc(N5c6ccc(C7=CNCN=C7)cc6C6(C)CCc7ccccc7C56C)cc2c43)c(-c2ccccc2)c1. The molecular formula is C72H66BN5. The smallest absolute Gasteiger partial charge is 0.252 e. The van der Waals surface area contributed by atoms with Crippen molar-refractivity contribution in [2.24, 2.45) is 4.99 Å². The molecule has 4 heterocycles. The number of hydrogen-bond donors (Lipinski definition) is 1. The van der Waals surface area contributed by atoms with E-state index in [9.17, 15) is 0 Å². The first-order chi connectivity index (χ1) is 37.7. The topological polar surface area (TPSA) is 34.1 Å². The summed E-state index contributed by atoms with van der Waals surface area (Å²) in [7, 11) is 0. The van der Waals surface area contributed by atoms with E-state index in [4.69, 9.17) is 0 Å². The summed E-state index contributed by atoms with van der Waals surface area (Å²) in [6.45, 7) is 19.6. The van der Waals surface area contributed by atoms with Gasteiger partial charge in [0.1, 0.15) is 6.67 Å². The van der Waals surface area contributed by atoms with Crippen molar-refractivity contribution < 1.29 is 0 Å². The third kappa shape index (κ3) is 7.18. The average molecular weight is 1010 g/mol. The number of benzene rings is 9. The van der Waals surface area contributed by atoms with Crippen LogP contribution < -0.4 is 36.4 Å². The number of allylic oxidation sites excluding steroid dienone is 1. The van der Waals surface area contributed by atoms with Crippen molar-refractivity contribution in [3.63, 3.8) is 0 Å². The van der Waals surface area contributed by atoms with Gasteiger partial charge in [-0.1, -0.05) is 188 Å². The Hall–Kier alpha value is -8.35. The Morgan fingerprint density at radius 1 is 0.487 bits per heavy atom. The molecule has 0 spiro atoms. The molecule has 0 saturated heterocycles. The molecule has 1 N–H and O–H groups in total. The first-order valence-corrected chi connectivity index (χ1v) is 28.1. The van der Waals surface area contributed by atoms with Gasteiger partial charge in [0, 0.05) is 68.7 Å². The van der Waals surface area contributed by atoms with Gasteiger partial charge >= 0.3 is 0 Å². The van der Waals surface area contributed by atoms with Crippen LogP contribution in [0.4, 0.5) is 45.5 Å². The van der Waals surface area contributed by atoms with Crippen molar-refractivity contribution in [3.05, 3.63) is 240 Å². The first kappa shape index (κ1) is 48.1. The Morgan fingerprint density at radius 3 is 1.56 bits per heavy atom. The standard InChI is InChI=1S/C72H66BN5/c1-69(2,3)52-32-35-61(55(40-52)47-21-11-9-12-22-47)76-64-29-19-17-27-59(64)73-60-28-18-20-30-65(60)77(62-36-33-53(70(4,5)6)41-56(62)48-23-13-10-14-24-48)67-43-54(42-66(76)68(67)73)78-63-34-31-50(51-44-74-46-75-45-51)39-58(63)71(7)38-37-49-25-15-16-26-57(49)72(71,78)8/h9-36,39-45,74H,37-38,46H2,1-8H3. The van der Waals surface area contributed by atoms with Gasteiger partial charge in [-0.05, 0) is 152 Å². The number of nitrogens with one attached hydrogen (secondary N) is 1. The minimum atomic E-state index is -0.474. The van der Waals surface area contributed by atoms with Gasteiger partial charge in [0.25, 0.3) is 6.71 Å². The highest BCUT2D eigenvalue weighted by molar-refractivity contribution is 7.00. The largest absolute Gasteiger partial charge is 0.372 e. The highest BCUT2D eigenvalue weighted by Crippen LogP contribution is 2.65. The molecule has 5 nitrogen and oxygen atoms in total. The zero-order valence-electron chi connectivity index (χ0n) is 46.2. The molecule has 0 amide bonds. The molecule has 9 aromatic rings. The van der Waals surface area contributed by atoms with E-state index >= 15 is 0 Å². The summed E-state index contributed by atoms with van der Waals surface area (Å²) in [5.74, 6) is 0. The van der Waals surface area contributed by atoms with Crippen molar-refractivity contribution in [3.8, 4) is 22.3 Å². The molecule has 0 bridgehead atoms. The molecule has 0 radical (unpaired) electrons. The fraction of sp³-hybridized carbons (Fsp3) is 0.208. The van der Waals surface area contributed by atoms with Gasteiger partial charge in [-0.3, -0.25) is 4.99 Å². The van der Waals surface area contributed by atoms with Crippen LogP contribution in [-0.4, -0.2) is 19.6 Å². The Balaban J connectivity index is 1.12. The van der Waals surface area contributed by atoms with E-state index in [0.717, 1.165) is 35.5 Å². The maximum absolute atomic E-state index is 4.66. The number of fused-ring (bicyclic) bond motifs is 9. The zero-order valence-corrected chi connectivity index (χ0v) is 46.2. The minimum absolute atomic E-state index is 0.0456. The van der Waals surface area contributed by atoms with Crippen molar-refractivity contribution in [1.82, 2.24) is 5.32 Å². The molecule has 0 aromatic heterocycles. The normalized spacial score (nSPS) is 18.7. The summed E-state index contributed by atoms with van der Waals surface area (Å²) in [5, 5.41) is 3.39. The predicted molar refractivity (Wildman–Crippen MR) is 331 cm³/mol. The number of rotatable bonds is 6. The van der Waals surface area contributed by atoms with E-state index in [-0.39, 0.29) is 23.0 Å². The van der Waals surface area contributed by atoms with E-state index in [1.165, 1.54) is 100 Å². The Labute approximate surface area is 461 Å². The van der Waals surface area contributed by atoms with E-state index in [1.54, 1.807) is 0 Å². The number of nitrogens with zero attached hydrogens (tertiary/aromatic N) is 4. The second-order valence-corrected chi connectivity index (χ2v) is 24.7. The summed E-state index contributed by atoms with van der Waals surface area (Å²) in [6, 6.07) is 76.7. The molecule has 382 valence electrons. The Kier molecular flexibility index (Phi) is 10.8. The third-order valence-corrected chi connectivity index (χ3v) is 18.3. The minimum Gasteiger partial charge on any atom is -0.372 e. The summed E-state index contributed by atoms with van der Waals surface area (Å²) in [6.07, 6.45) is 6.18. The monoisotopic (exact) mass is 1010 g/mol. The summed E-state index contributed by atoms with van der Waals surface area (Å²) in [4.78, 5) is 12.7. The zero-order chi connectivity index (χ0) is 53.3. The number of anilines is 8. The van der Waals surface area contributed by atoms with Crippen LogP contribution in [0.2, 0.25) is 0 Å². The molecular weight excluding hydrogens is 946 g/mol. The lowest BCUT2D eigenvalue weighted by Crippen LogP contribution is -2.61. The van der Waals surface area contributed by atoms with Crippen LogP contribution in [0.15, 0.2) is 211 Å². The average Bonchev–Trinajstić information content (AvgIpc) is 3.93. The van der Waals surface area contributed by atoms with Crippen LogP contribution in [0, 0.1) is 0 Å². The molecule has 14 rings (SSSR count). The van der Waals surface area contributed by atoms with Crippen molar-refractivity contribution >= 4 is 80.4 Å². The maximum Gasteiger partial charge on any atom is 0.252 e. The second kappa shape index (κ2) is 17.6. The van der Waals surface area contributed by atoms with Crippen LogP contribution in [0.5, 0.6) is 0 Å². The highest BCUT2D eigenvalue weighted by Gasteiger charge is 2.60. The molecule has 2 unspecified atom stereocenters. The van der Waals surface area contributed by atoms with Crippen LogP contribution >= 0.6 is 0 Å². The molecule has 1 aliphatic carbocycles. The number of aryl methyl sites for hydroxylation is 1. The molecule has 6 heteroatoms. The predicted octanol–water partition coefficient (Wildman–Crippen LogP) is 15.9. The first-order valence-electron chi connectivity index (χ1n) is 28.1. The molecule has 4 aliphatic heterocycles. The van der Waals surface area contributed by atoms with Gasteiger partial charge < -0.3 is 20.0 Å². The highest BCUT2D eigenvalue weighted by atomic mass is 15.3. The molecule has 0 saturated carbocycles. The second-order valence-electron chi connectivity index (χ2n) is 24.7. The number of para-hydroxylation sites is 2. The molecule has 2 atom stereocenters. The summed E-state index contributed by atoms with van der Waals surface area (Å²) >= 11 is 0. The van der Waals surface area contributed by atoms with E-state index in [1.807, 2.05) is 6.21 Å². The molecule has 5 aliphatic rings. The lowest BCUT2D eigenvalue weighted by atomic mass is 9.33. The lowest BCUT2D eigenvalue weighted by Gasteiger charge is -2.52. The number of hydrogen-bond acceptors (Lipinski definition) is 5. The van der Waals surface area contributed by atoms with Crippen LogP contribution in [0.3, 0.4) is 0 Å². The van der Waals surface area contributed by atoms with Crippen molar-refractivity contribution in [2.45, 2.75) is 90.0 Å². The van der Waals surface area contributed by atoms with Crippen molar-refractivity contribution in [2.75, 3.05) is 21.4 Å². The molecule has 78 heavy (non-hydrogen) atoms. The van der Waals surface area contributed by atoms with Crippen molar-refractivity contribution in [1.29, 1.82) is 0 Å². The van der Waals surface area contributed by atoms with E-state index in [2.05, 4.69) is 287 Å². The Bertz CT molecular complexity index is 3780. The van der Waals surface area contributed by atoms with Crippen LogP contribution in [-0.2, 0) is 28.2 Å². The van der Waals surface area contributed by atoms with E-state index < -0.39 is 5.54 Å². The number of aliphatic imine (C=N–C) groups is 1. The quantitative estimate of drug-likeness (QED) is 0.168. The summed E-state index contributed by atoms with van der Waals surface area (Å²) < 4.78 is 0. The van der Waals surface area contributed by atoms with Gasteiger partial charge in [0.2, 0.25) is 0 Å². The van der Waals surface area contributed by atoms with Gasteiger partial charge in [0.05, 0.1) is 16.9 Å². The van der Waals surface area contributed by atoms with Gasteiger partial charge in [-0.15, -0.1) is 0 Å². The van der Waals surface area contributed by atoms with Crippen LogP contribution in [0.1, 0.15) is 95.2 Å². The van der Waals surface area contributed by atoms with Gasteiger partial charge in [0.15, 0.2) is 0 Å². The van der Waals surface area contributed by atoms with E-state index in [0.29, 0.717) is 6.67 Å². The maximum atomic E-state index is 4.66. The molecule has 0 fully saturated rings. The lowest BCUT2D eigenvalue weighted by molar-refractivity contribution is 0.245.